The zero-order valence-electron chi connectivity index (χ0n) is 13.1. The first kappa shape index (κ1) is 16.2. The van der Waals surface area contributed by atoms with Gasteiger partial charge in [-0.15, -0.1) is 0 Å². The zero-order valence-corrected chi connectivity index (χ0v) is 13.1. The Balaban J connectivity index is 1.88. The number of nitrogens with zero attached hydrogens (tertiary/aromatic N) is 3. The molecule has 0 saturated heterocycles. The Labute approximate surface area is 135 Å². The lowest BCUT2D eigenvalue weighted by Gasteiger charge is -2.14. The predicted octanol–water partition coefficient (Wildman–Crippen LogP) is 2.95. The average Bonchev–Trinajstić information content (AvgIpc) is 2.58. The summed E-state index contributed by atoms with van der Waals surface area (Å²) in [7, 11) is 3.94. The number of hydrogen-bond acceptors (Lipinski definition) is 5. The third-order valence-corrected chi connectivity index (χ3v) is 3.19. The van der Waals surface area contributed by atoms with Crippen LogP contribution in [0.3, 0.4) is 0 Å². The summed E-state index contributed by atoms with van der Waals surface area (Å²) in [6.45, 7) is 0.738. The van der Waals surface area contributed by atoms with Crippen LogP contribution in [-0.2, 0) is 0 Å². The van der Waals surface area contributed by atoms with Gasteiger partial charge in [-0.05, 0) is 30.3 Å². The van der Waals surface area contributed by atoms with E-state index < -0.39 is 0 Å². The molecule has 0 aliphatic rings. The minimum atomic E-state index is 0.310. The minimum Gasteiger partial charge on any atom is -0.490 e. The highest BCUT2D eigenvalue weighted by Crippen LogP contribution is 2.20. The summed E-state index contributed by atoms with van der Waals surface area (Å²) in [6, 6.07) is 16.5. The summed E-state index contributed by atoms with van der Waals surface area (Å²) in [5.41, 5.74) is 1.72. The highest BCUT2D eigenvalue weighted by atomic mass is 16.5. The van der Waals surface area contributed by atoms with Gasteiger partial charge in [0.2, 0.25) is 0 Å². The minimum absolute atomic E-state index is 0.310. The zero-order chi connectivity index (χ0) is 16.7. The quantitative estimate of drug-likeness (QED) is 0.767. The average molecular weight is 307 g/mol. The molecular weight excluding hydrogens is 290 g/mol. The monoisotopic (exact) mass is 307 g/mol. The van der Waals surface area contributed by atoms with Gasteiger partial charge in [-0.3, -0.25) is 0 Å². The Hall–Kier alpha value is -3.18. The topological polar surface area (TPSA) is 69.3 Å². The maximum absolute atomic E-state index is 8.98. The fourth-order valence-electron chi connectivity index (χ4n) is 1.97. The van der Waals surface area contributed by atoms with E-state index in [1.165, 1.54) is 0 Å². The largest absolute Gasteiger partial charge is 0.490 e. The molecule has 0 heterocycles. The van der Waals surface area contributed by atoms with Crippen LogP contribution in [0.2, 0.25) is 0 Å². The van der Waals surface area contributed by atoms with Crippen LogP contribution in [0.4, 0.5) is 5.69 Å². The molecule has 0 aromatic heterocycles. The molecule has 0 atom stereocenters. The van der Waals surface area contributed by atoms with E-state index in [0.717, 1.165) is 11.4 Å². The molecule has 0 fully saturated rings. The van der Waals surface area contributed by atoms with Crippen molar-refractivity contribution in [1.82, 2.24) is 0 Å². The van der Waals surface area contributed by atoms with E-state index in [0.29, 0.717) is 30.1 Å². The van der Waals surface area contributed by atoms with E-state index in [9.17, 15) is 0 Å². The molecular formula is C18H17N3O2. The molecule has 2 aromatic rings. The van der Waals surface area contributed by atoms with Crippen LogP contribution in [0.1, 0.15) is 11.1 Å². The lowest BCUT2D eigenvalue weighted by Crippen LogP contribution is -2.11. The van der Waals surface area contributed by atoms with Crippen LogP contribution in [0.15, 0.2) is 42.5 Å². The van der Waals surface area contributed by atoms with E-state index in [2.05, 4.69) is 0 Å². The van der Waals surface area contributed by atoms with Crippen molar-refractivity contribution in [3.05, 3.63) is 53.6 Å². The van der Waals surface area contributed by atoms with E-state index in [4.69, 9.17) is 20.0 Å². The Morgan fingerprint density at radius 2 is 1.52 bits per heavy atom. The summed E-state index contributed by atoms with van der Waals surface area (Å²) in [4.78, 5) is 2.00. The number of nitriles is 2. The molecule has 0 spiro atoms. The summed E-state index contributed by atoms with van der Waals surface area (Å²) < 4.78 is 11.2. The highest BCUT2D eigenvalue weighted by Gasteiger charge is 2.04. The van der Waals surface area contributed by atoms with Crippen LogP contribution in [0.25, 0.3) is 0 Å². The van der Waals surface area contributed by atoms with E-state index >= 15 is 0 Å². The standard InChI is InChI=1S/C18H17N3O2/c1-21(2)16-4-3-5-17(11-16)22-8-9-23-18-7-6-14(12-19)15(10-18)13-20/h3-7,10-11H,8-9H2,1-2H3. The second kappa shape index (κ2) is 7.72. The molecule has 0 saturated carbocycles. The van der Waals surface area contributed by atoms with Crippen molar-refractivity contribution in [3.8, 4) is 23.6 Å². The Bertz CT molecular complexity index is 758. The summed E-state index contributed by atoms with van der Waals surface area (Å²) >= 11 is 0. The smallest absolute Gasteiger partial charge is 0.122 e. The van der Waals surface area contributed by atoms with Crippen molar-refractivity contribution in [1.29, 1.82) is 10.5 Å². The number of ether oxygens (including phenoxy) is 2. The highest BCUT2D eigenvalue weighted by molar-refractivity contribution is 5.50. The normalized spacial score (nSPS) is 9.57. The van der Waals surface area contributed by atoms with E-state index in [-0.39, 0.29) is 0 Å². The summed E-state index contributed by atoms with van der Waals surface area (Å²) in [6.07, 6.45) is 0. The number of hydrogen-bond donors (Lipinski definition) is 0. The van der Waals surface area contributed by atoms with Gasteiger partial charge in [0.05, 0.1) is 11.1 Å². The second-order valence-electron chi connectivity index (χ2n) is 5.02. The molecule has 5 heteroatoms. The maximum Gasteiger partial charge on any atom is 0.122 e. The van der Waals surface area contributed by atoms with Crippen molar-refractivity contribution in [3.63, 3.8) is 0 Å². The van der Waals surface area contributed by atoms with Crippen LogP contribution < -0.4 is 14.4 Å². The maximum atomic E-state index is 8.98. The molecule has 0 amide bonds. The Kier molecular flexibility index (Phi) is 5.44. The molecule has 2 aromatic carbocycles. The third-order valence-electron chi connectivity index (χ3n) is 3.19. The molecule has 0 radical (unpaired) electrons. The molecule has 0 N–H and O–H groups in total. The number of rotatable bonds is 6. The van der Waals surface area contributed by atoms with Gasteiger partial charge >= 0.3 is 0 Å². The van der Waals surface area contributed by atoms with E-state index in [1.54, 1.807) is 18.2 Å². The lowest BCUT2D eigenvalue weighted by atomic mass is 10.1. The molecule has 0 unspecified atom stereocenters. The van der Waals surface area contributed by atoms with Crippen LogP contribution >= 0.6 is 0 Å². The first-order chi connectivity index (χ1) is 11.1. The van der Waals surface area contributed by atoms with Gasteiger partial charge in [0.1, 0.15) is 36.9 Å². The van der Waals surface area contributed by atoms with Gasteiger partial charge in [-0.1, -0.05) is 6.07 Å². The SMILES string of the molecule is CN(C)c1cccc(OCCOc2ccc(C#N)c(C#N)c2)c1. The summed E-state index contributed by atoms with van der Waals surface area (Å²) in [5.74, 6) is 1.32. The van der Waals surface area contributed by atoms with Gasteiger partial charge in [0.25, 0.3) is 0 Å². The first-order valence-electron chi connectivity index (χ1n) is 7.11. The van der Waals surface area contributed by atoms with Gasteiger partial charge in [-0.25, -0.2) is 0 Å². The van der Waals surface area contributed by atoms with Crippen LogP contribution in [0.5, 0.6) is 11.5 Å². The number of anilines is 1. The molecule has 116 valence electrons. The summed E-state index contributed by atoms with van der Waals surface area (Å²) in [5, 5.41) is 17.9. The molecule has 2 rings (SSSR count). The van der Waals surface area contributed by atoms with Gasteiger partial charge in [0, 0.05) is 25.8 Å². The molecule has 0 bridgehead atoms. The number of benzene rings is 2. The lowest BCUT2D eigenvalue weighted by molar-refractivity contribution is 0.217. The van der Waals surface area contributed by atoms with Gasteiger partial charge in [-0.2, -0.15) is 10.5 Å². The van der Waals surface area contributed by atoms with Crippen molar-refractivity contribution in [2.75, 3.05) is 32.2 Å². The predicted molar refractivity (Wildman–Crippen MR) is 87.6 cm³/mol. The van der Waals surface area contributed by atoms with E-state index in [1.807, 2.05) is 55.4 Å². The molecule has 5 nitrogen and oxygen atoms in total. The third kappa shape index (κ3) is 4.39. The Morgan fingerprint density at radius 3 is 2.13 bits per heavy atom. The Morgan fingerprint density at radius 1 is 0.870 bits per heavy atom. The first-order valence-corrected chi connectivity index (χ1v) is 7.11. The van der Waals surface area contributed by atoms with Gasteiger partial charge < -0.3 is 14.4 Å². The van der Waals surface area contributed by atoms with Crippen molar-refractivity contribution in [2.45, 2.75) is 0 Å². The van der Waals surface area contributed by atoms with Crippen LogP contribution in [0, 0.1) is 22.7 Å². The van der Waals surface area contributed by atoms with Crippen molar-refractivity contribution in [2.24, 2.45) is 0 Å². The van der Waals surface area contributed by atoms with Crippen molar-refractivity contribution >= 4 is 5.69 Å². The fraction of sp³-hybridized carbons (Fsp3) is 0.222. The molecule has 23 heavy (non-hydrogen) atoms. The van der Waals surface area contributed by atoms with Crippen molar-refractivity contribution < 1.29 is 9.47 Å². The molecule has 0 aliphatic heterocycles. The van der Waals surface area contributed by atoms with Crippen LogP contribution in [-0.4, -0.2) is 27.3 Å². The second-order valence-corrected chi connectivity index (χ2v) is 5.02. The van der Waals surface area contributed by atoms with Gasteiger partial charge in [0.15, 0.2) is 0 Å². The molecule has 0 aliphatic carbocycles. The fourth-order valence-corrected chi connectivity index (χ4v) is 1.97.